The van der Waals surface area contributed by atoms with Crippen LogP contribution in [-0.4, -0.2) is 32.1 Å². The number of alkyl halides is 3. The second-order valence-electron chi connectivity index (χ2n) is 6.04. The first-order valence-electron chi connectivity index (χ1n) is 7.71. The number of rotatable bonds is 4. The van der Waals surface area contributed by atoms with E-state index < -0.39 is 6.30 Å². The van der Waals surface area contributed by atoms with Crippen molar-refractivity contribution in [3.05, 3.63) is 52.7 Å². The van der Waals surface area contributed by atoms with Gasteiger partial charge in [-0.25, -0.2) is 9.50 Å². The zero-order chi connectivity index (χ0) is 18.5. The quantitative estimate of drug-likeness (QED) is 0.530. The Morgan fingerprint density at radius 3 is 2.81 bits per heavy atom. The molecule has 0 radical (unpaired) electrons. The monoisotopic (exact) mass is 380 g/mol. The number of imidazole rings is 1. The summed E-state index contributed by atoms with van der Waals surface area (Å²) in [5.41, 5.74) is 1.96. The topological polar surface area (TPSA) is 79.0 Å². The fourth-order valence-corrected chi connectivity index (χ4v) is 3.35. The minimum atomic E-state index is -4.60. The molecule has 3 aromatic rings. The van der Waals surface area contributed by atoms with Crippen LogP contribution < -0.4 is 5.32 Å². The Hall–Kier alpha value is -2.68. The summed E-state index contributed by atoms with van der Waals surface area (Å²) >= 11 is 6.05. The van der Waals surface area contributed by atoms with Gasteiger partial charge in [0, 0.05) is 30.4 Å². The largest absolute Gasteiger partial charge is 0.482 e. The van der Waals surface area contributed by atoms with Gasteiger partial charge in [0.25, 0.3) is 0 Å². The van der Waals surface area contributed by atoms with E-state index in [2.05, 4.69) is 15.1 Å². The molecule has 10 heteroatoms. The van der Waals surface area contributed by atoms with Gasteiger partial charge >= 0.3 is 6.30 Å². The second-order valence-corrected chi connectivity index (χ2v) is 6.42. The van der Waals surface area contributed by atoms with E-state index in [1.807, 2.05) is 0 Å². The standard InChI is InChI=1S/C16H12ClF3N6/c17-14-5-11(15-22-1-2-26(15)25-14)10-4-9(10)8-3-12(24-16(18,19)20)13(6-21)23-7-8/h1-3,5-7,9-10,21,24H,4H2. The molecule has 0 bridgehead atoms. The number of pyridine rings is 1. The molecule has 1 aliphatic carbocycles. The van der Waals surface area contributed by atoms with Crippen LogP contribution in [0.15, 0.2) is 30.7 Å². The lowest BCUT2D eigenvalue weighted by molar-refractivity contribution is -0.0999. The SMILES string of the molecule is N=Cc1ncc(C2CC2c2cc(Cl)nn3ccnc23)cc1NC(F)(F)F. The van der Waals surface area contributed by atoms with E-state index >= 15 is 0 Å². The van der Waals surface area contributed by atoms with Crippen LogP contribution in [0.4, 0.5) is 18.9 Å². The fourth-order valence-electron chi connectivity index (χ4n) is 3.15. The molecule has 0 aliphatic heterocycles. The van der Waals surface area contributed by atoms with Crippen LogP contribution in [0.5, 0.6) is 0 Å². The molecule has 3 heterocycles. The highest BCUT2D eigenvalue weighted by molar-refractivity contribution is 6.29. The molecule has 4 rings (SSSR count). The van der Waals surface area contributed by atoms with Crippen molar-refractivity contribution in [3.8, 4) is 0 Å². The Morgan fingerprint density at radius 2 is 2.08 bits per heavy atom. The maximum Gasteiger partial charge on any atom is 0.482 e. The molecule has 1 aliphatic rings. The predicted molar refractivity (Wildman–Crippen MR) is 89.9 cm³/mol. The molecule has 0 saturated heterocycles. The first-order valence-corrected chi connectivity index (χ1v) is 8.08. The number of nitrogens with zero attached hydrogens (tertiary/aromatic N) is 4. The molecule has 134 valence electrons. The van der Waals surface area contributed by atoms with Crippen LogP contribution in [-0.2, 0) is 0 Å². The summed E-state index contributed by atoms with van der Waals surface area (Å²) in [6.45, 7) is 0. The Bertz CT molecular complexity index is 999. The lowest BCUT2D eigenvalue weighted by Crippen LogP contribution is -2.22. The van der Waals surface area contributed by atoms with Gasteiger partial charge in [-0.15, -0.1) is 0 Å². The first kappa shape index (κ1) is 16.8. The molecular weight excluding hydrogens is 369 g/mol. The van der Waals surface area contributed by atoms with Crippen molar-refractivity contribution in [2.45, 2.75) is 24.6 Å². The van der Waals surface area contributed by atoms with Crippen molar-refractivity contribution in [2.24, 2.45) is 0 Å². The molecule has 1 saturated carbocycles. The van der Waals surface area contributed by atoms with Crippen molar-refractivity contribution < 1.29 is 13.2 Å². The van der Waals surface area contributed by atoms with Crippen LogP contribution >= 0.6 is 11.6 Å². The third-order valence-electron chi connectivity index (χ3n) is 4.33. The van der Waals surface area contributed by atoms with Gasteiger partial charge in [0.1, 0.15) is 10.8 Å². The number of nitrogens with one attached hydrogen (secondary N) is 2. The van der Waals surface area contributed by atoms with Crippen molar-refractivity contribution in [1.82, 2.24) is 19.6 Å². The van der Waals surface area contributed by atoms with Crippen LogP contribution in [0.2, 0.25) is 5.15 Å². The van der Waals surface area contributed by atoms with Gasteiger partial charge in [0.15, 0.2) is 5.65 Å². The molecule has 1 fully saturated rings. The average Bonchev–Trinajstić information content (AvgIpc) is 3.22. The van der Waals surface area contributed by atoms with Crippen molar-refractivity contribution in [1.29, 1.82) is 5.41 Å². The molecule has 2 unspecified atom stereocenters. The number of aromatic nitrogens is 4. The highest BCUT2D eigenvalue weighted by Gasteiger charge is 2.42. The normalized spacial score (nSPS) is 19.5. The number of halogens is 4. The van der Waals surface area contributed by atoms with Crippen molar-refractivity contribution >= 4 is 29.2 Å². The second kappa shape index (κ2) is 5.94. The predicted octanol–water partition coefficient (Wildman–Crippen LogP) is 3.98. The van der Waals surface area contributed by atoms with E-state index in [0.717, 1.165) is 18.2 Å². The number of hydrogen-bond donors (Lipinski definition) is 2. The lowest BCUT2D eigenvalue weighted by atomic mass is 10.1. The van der Waals surface area contributed by atoms with Gasteiger partial charge in [-0.3, -0.25) is 10.3 Å². The Labute approximate surface area is 150 Å². The van der Waals surface area contributed by atoms with Gasteiger partial charge in [0.05, 0.1) is 5.69 Å². The zero-order valence-corrected chi connectivity index (χ0v) is 13.9. The summed E-state index contributed by atoms with van der Waals surface area (Å²) < 4.78 is 39.6. The van der Waals surface area contributed by atoms with Crippen LogP contribution in [0, 0.1) is 5.41 Å². The molecule has 6 nitrogen and oxygen atoms in total. The van der Waals surface area contributed by atoms with Gasteiger partial charge in [0.2, 0.25) is 0 Å². The molecule has 0 spiro atoms. The van der Waals surface area contributed by atoms with Gasteiger partial charge in [-0.05, 0) is 36.0 Å². The van der Waals surface area contributed by atoms with Gasteiger partial charge < -0.3 is 5.41 Å². The summed E-state index contributed by atoms with van der Waals surface area (Å²) in [6.07, 6.45) is 1.76. The van der Waals surface area contributed by atoms with E-state index in [4.69, 9.17) is 17.0 Å². The van der Waals surface area contributed by atoms with Crippen molar-refractivity contribution in [3.63, 3.8) is 0 Å². The molecular formula is C16H12ClF3N6. The summed E-state index contributed by atoms with van der Waals surface area (Å²) in [7, 11) is 0. The summed E-state index contributed by atoms with van der Waals surface area (Å²) in [4.78, 5) is 8.25. The highest BCUT2D eigenvalue weighted by atomic mass is 35.5. The molecule has 3 aromatic heterocycles. The minimum absolute atomic E-state index is 0.00929. The highest BCUT2D eigenvalue weighted by Crippen LogP contribution is 2.55. The molecule has 0 aromatic carbocycles. The number of anilines is 1. The van der Waals surface area contributed by atoms with E-state index in [0.29, 0.717) is 16.4 Å². The third kappa shape index (κ3) is 3.10. The molecule has 2 atom stereocenters. The molecule has 26 heavy (non-hydrogen) atoms. The van der Waals surface area contributed by atoms with E-state index in [1.165, 1.54) is 17.6 Å². The average molecular weight is 381 g/mol. The van der Waals surface area contributed by atoms with Crippen LogP contribution in [0.3, 0.4) is 0 Å². The first-order chi connectivity index (χ1) is 12.4. The maximum atomic E-state index is 12.7. The Kier molecular flexibility index (Phi) is 3.83. The summed E-state index contributed by atoms with van der Waals surface area (Å²) in [5, 5.41) is 13.1. The van der Waals surface area contributed by atoms with Crippen LogP contribution in [0.1, 0.15) is 35.1 Å². The smallest absolute Gasteiger partial charge is 0.306 e. The lowest BCUT2D eigenvalue weighted by Gasteiger charge is -2.13. The van der Waals surface area contributed by atoms with E-state index in [-0.39, 0.29) is 23.2 Å². The Balaban J connectivity index is 1.66. The van der Waals surface area contributed by atoms with Crippen molar-refractivity contribution in [2.75, 3.05) is 5.32 Å². The van der Waals surface area contributed by atoms with E-state index in [9.17, 15) is 13.2 Å². The zero-order valence-electron chi connectivity index (χ0n) is 13.1. The minimum Gasteiger partial charge on any atom is -0.306 e. The van der Waals surface area contributed by atoms with E-state index in [1.54, 1.807) is 23.0 Å². The molecule has 2 N–H and O–H groups in total. The summed E-state index contributed by atoms with van der Waals surface area (Å²) in [6, 6.07) is 3.14. The summed E-state index contributed by atoms with van der Waals surface area (Å²) in [5.74, 6) is 0.0850. The number of hydrogen-bond acceptors (Lipinski definition) is 5. The number of fused-ring (bicyclic) bond motifs is 1. The Morgan fingerprint density at radius 1 is 1.27 bits per heavy atom. The van der Waals surface area contributed by atoms with Gasteiger partial charge in [-0.1, -0.05) is 11.6 Å². The molecule has 0 amide bonds. The van der Waals surface area contributed by atoms with Crippen LogP contribution in [0.25, 0.3) is 5.65 Å². The third-order valence-corrected chi connectivity index (χ3v) is 4.51. The maximum absolute atomic E-state index is 12.7. The fraction of sp³-hybridized carbons (Fsp3) is 0.250. The van der Waals surface area contributed by atoms with Gasteiger partial charge in [-0.2, -0.15) is 18.3 Å².